The highest BCUT2D eigenvalue weighted by atomic mass is 19.4. The second kappa shape index (κ2) is 4.41. The highest BCUT2D eigenvalue weighted by Crippen LogP contribution is 2.45. The largest absolute Gasteiger partial charge is 0.573 e. The average Bonchev–Trinajstić information content (AvgIpc) is 2.22. The van der Waals surface area contributed by atoms with Gasteiger partial charge in [-0.15, -0.1) is 13.2 Å². The number of carbonyl (C=O) groups is 1. The van der Waals surface area contributed by atoms with Crippen molar-refractivity contribution >= 4 is 5.97 Å². The Morgan fingerprint density at radius 1 is 1.37 bits per heavy atom. The lowest BCUT2D eigenvalue weighted by Gasteiger charge is -2.42. The lowest BCUT2D eigenvalue weighted by Crippen LogP contribution is -2.50. The van der Waals surface area contributed by atoms with Gasteiger partial charge in [0.1, 0.15) is 5.75 Å². The number of rotatable bonds is 3. The van der Waals surface area contributed by atoms with Crippen molar-refractivity contribution in [3.05, 3.63) is 29.8 Å². The summed E-state index contributed by atoms with van der Waals surface area (Å²) in [5, 5.41) is 18.5. The zero-order valence-electron chi connectivity index (χ0n) is 9.65. The van der Waals surface area contributed by atoms with E-state index in [0.29, 0.717) is 0 Å². The second-order valence-corrected chi connectivity index (χ2v) is 4.52. The van der Waals surface area contributed by atoms with Crippen LogP contribution in [-0.4, -0.2) is 28.6 Å². The predicted octanol–water partition coefficient (Wildman–Crippen LogP) is 2.06. The molecule has 0 amide bonds. The summed E-state index contributed by atoms with van der Waals surface area (Å²) in [5.41, 5.74) is -1.13. The summed E-state index contributed by atoms with van der Waals surface area (Å²) in [4.78, 5) is 11.3. The van der Waals surface area contributed by atoms with E-state index in [1.807, 2.05) is 0 Å². The molecule has 0 aliphatic heterocycles. The molecule has 1 aliphatic rings. The van der Waals surface area contributed by atoms with Crippen LogP contribution in [0.1, 0.15) is 18.4 Å². The van der Waals surface area contributed by atoms with Crippen LogP contribution in [-0.2, 0) is 10.2 Å². The van der Waals surface area contributed by atoms with Crippen molar-refractivity contribution < 1.29 is 32.9 Å². The van der Waals surface area contributed by atoms with E-state index in [1.165, 1.54) is 12.1 Å². The van der Waals surface area contributed by atoms with E-state index in [-0.39, 0.29) is 18.4 Å². The van der Waals surface area contributed by atoms with E-state index in [2.05, 4.69) is 4.74 Å². The van der Waals surface area contributed by atoms with Crippen LogP contribution in [0, 0.1) is 0 Å². The topological polar surface area (TPSA) is 66.8 Å². The fraction of sp³-hybridized carbons (Fsp3) is 0.417. The number of hydrogen-bond acceptors (Lipinski definition) is 3. The minimum atomic E-state index is -4.83. The zero-order chi connectivity index (χ0) is 14.3. The molecule has 1 saturated carbocycles. The first-order valence-corrected chi connectivity index (χ1v) is 5.51. The predicted molar refractivity (Wildman–Crippen MR) is 57.7 cm³/mol. The number of benzene rings is 1. The minimum absolute atomic E-state index is 0.0161. The monoisotopic (exact) mass is 276 g/mol. The van der Waals surface area contributed by atoms with Crippen LogP contribution in [0.15, 0.2) is 24.3 Å². The van der Waals surface area contributed by atoms with E-state index in [0.717, 1.165) is 12.1 Å². The third-order valence-electron chi connectivity index (χ3n) is 3.20. The van der Waals surface area contributed by atoms with Crippen LogP contribution >= 0.6 is 0 Å². The Morgan fingerprint density at radius 2 is 2.00 bits per heavy atom. The van der Waals surface area contributed by atoms with Crippen LogP contribution < -0.4 is 4.74 Å². The first kappa shape index (κ1) is 13.7. The standard InChI is InChI=1S/C12H11F3O4/c13-12(14,15)19-9-3-1-2-7(4-9)11(10(17)18)5-8(16)6-11/h1-4,8,16H,5-6H2,(H,17,18). The Morgan fingerprint density at radius 3 is 2.47 bits per heavy atom. The Balaban J connectivity index is 2.30. The molecule has 1 fully saturated rings. The van der Waals surface area contributed by atoms with Gasteiger partial charge in [0.05, 0.1) is 11.5 Å². The molecule has 0 radical (unpaired) electrons. The van der Waals surface area contributed by atoms with Gasteiger partial charge in [-0.1, -0.05) is 12.1 Å². The Labute approximate surface area is 106 Å². The highest BCUT2D eigenvalue weighted by Gasteiger charge is 2.51. The fourth-order valence-electron chi connectivity index (χ4n) is 2.27. The minimum Gasteiger partial charge on any atom is -0.481 e. The van der Waals surface area contributed by atoms with Gasteiger partial charge in [0.15, 0.2) is 0 Å². The van der Waals surface area contributed by atoms with Gasteiger partial charge in [-0.05, 0) is 30.5 Å². The van der Waals surface area contributed by atoms with Crippen molar-refractivity contribution in [2.24, 2.45) is 0 Å². The third kappa shape index (κ3) is 2.65. The lowest BCUT2D eigenvalue weighted by molar-refractivity contribution is -0.274. The first-order valence-electron chi connectivity index (χ1n) is 5.51. The molecule has 0 atom stereocenters. The number of aliphatic carboxylic acids is 1. The Bertz CT molecular complexity index is 492. The molecule has 0 heterocycles. The molecular formula is C12H11F3O4. The number of ether oxygens (including phenoxy) is 1. The first-order chi connectivity index (χ1) is 8.73. The number of hydrogen-bond donors (Lipinski definition) is 2. The van der Waals surface area contributed by atoms with Crippen LogP contribution in [0.25, 0.3) is 0 Å². The van der Waals surface area contributed by atoms with Crippen LogP contribution in [0.4, 0.5) is 13.2 Å². The molecule has 104 valence electrons. The van der Waals surface area contributed by atoms with E-state index < -0.39 is 29.6 Å². The van der Waals surface area contributed by atoms with Crippen molar-refractivity contribution in [1.29, 1.82) is 0 Å². The maximum atomic E-state index is 12.1. The molecule has 4 nitrogen and oxygen atoms in total. The number of aliphatic hydroxyl groups excluding tert-OH is 1. The number of alkyl halides is 3. The summed E-state index contributed by atoms with van der Waals surface area (Å²) >= 11 is 0. The molecule has 0 saturated heterocycles. The fourth-order valence-corrected chi connectivity index (χ4v) is 2.27. The molecular weight excluding hydrogens is 265 g/mol. The van der Waals surface area contributed by atoms with Crippen LogP contribution in [0.2, 0.25) is 0 Å². The van der Waals surface area contributed by atoms with Gasteiger partial charge < -0.3 is 14.9 Å². The van der Waals surface area contributed by atoms with E-state index in [9.17, 15) is 28.2 Å². The van der Waals surface area contributed by atoms with E-state index >= 15 is 0 Å². The quantitative estimate of drug-likeness (QED) is 0.886. The molecule has 0 spiro atoms. The highest BCUT2D eigenvalue weighted by molar-refractivity contribution is 5.83. The number of aliphatic hydroxyl groups is 1. The smallest absolute Gasteiger partial charge is 0.481 e. The molecule has 1 aliphatic carbocycles. The molecule has 0 unspecified atom stereocenters. The van der Waals surface area contributed by atoms with Crippen molar-refractivity contribution in [3.8, 4) is 5.75 Å². The summed E-state index contributed by atoms with van der Waals surface area (Å²) < 4.78 is 40.1. The summed E-state index contributed by atoms with van der Waals surface area (Å²) in [6.07, 6.45) is -5.60. The Kier molecular flexibility index (Phi) is 3.17. The molecule has 0 aromatic heterocycles. The van der Waals surface area contributed by atoms with Crippen LogP contribution in [0.3, 0.4) is 0 Å². The van der Waals surface area contributed by atoms with Gasteiger partial charge in [-0.3, -0.25) is 4.79 Å². The summed E-state index contributed by atoms with van der Waals surface area (Å²) in [6, 6.07) is 4.87. The van der Waals surface area contributed by atoms with Gasteiger partial charge in [0.25, 0.3) is 0 Å². The molecule has 2 rings (SSSR count). The van der Waals surface area contributed by atoms with Gasteiger partial charge in [-0.25, -0.2) is 0 Å². The third-order valence-corrected chi connectivity index (χ3v) is 3.20. The average molecular weight is 276 g/mol. The molecule has 19 heavy (non-hydrogen) atoms. The van der Waals surface area contributed by atoms with Crippen molar-refractivity contribution in [2.45, 2.75) is 30.7 Å². The van der Waals surface area contributed by atoms with Crippen LogP contribution in [0.5, 0.6) is 5.75 Å². The van der Waals surface area contributed by atoms with Gasteiger partial charge >= 0.3 is 12.3 Å². The molecule has 1 aromatic carbocycles. The molecule has 1 aromatic rings. The van der Waals surface area contributed by atoms with Gasteiger partial charge in [-0.2, -0.15) is 0 Å². The summed E-state index contributed by atoms with van der Waals surface area (Å²) in [6.45, 7) is 0. The lowest BCUT2D eigenvalue weighted by atomic mass is 9.63. The number of carboxylic acids is 1. The zero-order valence-corrected chi connectivity index (χ0v) is 9.65. The van der Waals surface area contributed by atoms with Crippen molar-refractivity contribution in [3.63, 3.8) is 0 Å². The van der Waals surface area contributed by atoms with E-state index in [4.69, 9.17) is 0 Å². The second-order valence-electron chi connectivity index (χ2n) is 4.52. The summed E-state index contributed by atoms with van der Waals surface area (Å²) in [7, 11) is 0. The van der Waals surface area contributed by atoms with Gasteiger partial charge in [0, 0.05) is 0 Å². The summed E-state index contributed by atoms with van der Waals surface area (Å²) in [5.74, 6) is -1.63. The van der Waals surface area contributed by atoms with E-state index in [1.54, 1.807) is 0 Å². The molecule has 7 heteroatoms. The normalized spacial score (nSPS) is 26.6. The van der Waals surface area contributed by atoms with Crippen molar-refractivity contribution in [2.75, 3.05) is 0 Å². The van der Waals surface area contributed by atoms with Gasteiger partial charge in [0.2, 0.25) is 0 Å². The molecule has 0 bridgehead atoms. The SMILES string of the molecule is O=C(O)C1(c2cccc(OC(F)(F)F)c2)CC(O)C1. The number of carboxylic acid groups (broad SMARTS) is 1. The maximum absolute atomic E-state index is 12.1. The molecule has 2 N–H and O–H groups in total. The van der Waals surface area contributed by atoms with Crippen molar-refractivity contribution in [1.82, 2.24) is 0 Å². The maximum Gasteiger partial charge on any atom is 0.573 e. The number of halogens is 3. The Hall–Kier alpha value is -1.76.